The molecule has 0 aliphatic carbocycles. The van der Waals surface area contributed by atoms with Gasteiger partial charge in [-0.1, -0.05) is 6.07 Å². The number of hydrogen-bond acceptors (Lipinski definition) is 16. The van der Waals surface area contributed by atoms with Gasteiger partial charge in [-0.3, -0.25) is 18.2 Å². The monoisotopic (exact) mass is 797 g/mol. The average molecular weight is 798 g/mol. The van der Waals surface area contributed by atoms with Crippen molar-refractivity contribution in [3.8, 4) is 11.5 Å². The number of nitrogen functional groups attached to an aromatic ring is 1. The lowest BCUT2D eigenvalue weighted by Crippen LogP contribution is -2.02. The molecule has 5 aromatic rings. The van der Waals surface area contributed by atoms with Crippen LogP contribution in [0.15, 0.2) is 101 Å². The van der Waals surface area contributed by atoms with Gasteiger partial charge in [0, 0.05) is 16.5 Å². The number of carboxylic acid groups (broad SMARTS) is 1. The van der Waals surface area contributed by atoms with Crippen molar-refractivity contribution >= 4 is 96.4 Å². The van der Waals surface area contributed by atoms with Crippen LogP contribution in [0.1, 0.15) is 10.4 Å². The molecule has 5 rings (SSSR count). The molecule has 0 aliphatic rings. The van der Waals surface area contributed by atoms with Crippen molar-refractivity contribution in [2.24, 2.45) is 20.5 Å². The van der Waals surface area contributed by atoms with Gasteiger partial charge in [0.05, 0.1) is 21.0 Å². The first kappa shape index (κ1) is 37.6. The first-order valence-corrected chi connectivity index (χ1v) is 19.1. The summed E-state index contributed by atoms with van der Waals surface area (Å²) in [5.74, 6) is -3.86. The Morgan fingerprint density at radius 2 is 1.15 bits per heavy atom. The number of hydrogen-bond donors (Lipinski definition) is 8. The predicted molar refractivity (Wildman–Crippen MR) is 177 cm³/mol. The number of aromatic carboxylic acids is 1. The van der Waals surface area contributed by atoms with E-state index in [-0.39, 0.29) is 27.2 Å². The number of anilines is 1. The molecule has 9 N–H and O–H groups in total. The minimum Gasteiger partial charge on any atom is -0.505 e. The Bertz CT molecular complexity index is 2910. The Kier molecular flexibility index (Phi) is 9.27. The highest BCUT2D eigenvalue weighted by molar-refractivity contribution is 7.86. The molecular formula is C27H19N5O16S4. The van der Waals surface area contributed by atoms with Crippen LogP contribution in [0, 0.1) is 0 Å². The number of azo groups is 2. The summed E-state index contributed by atoms with van der Waals surface area (Å²) >= 11 is 0. The van der Waals surface area contributed by atoms with Gasteiger partial charge in [-0.05, 0) is 65.4 Å². The summed E-state index contributed by atoms with van der Waals surface area (Å²) in [4.78, 5) is 8.43. The third kappa shape index (κ3) is 7.36. The van der Waals surface area contributed by atoms with Gasteiger partial charge in [0.15, 0.2) is 11.5 Å². The number of aromatic hydroxyl groups is 2. The van der Waals surface area contributed by atoms with E-state index in [1.54, 1.807) is 0 Å². The van der Waals surface area contributed by atoms with Crippen molar-refractivity contribution < 1.29 is 72.0 Å². The largest absolute Gasteiger partial charge is 0.505 e. The molecule has 52 heavy (non-hydrogen) atoms. The molecule has 0 unspecified atom stereocenters. The summed E-state index contributed by atoms with van der Waals surface area (Å²) in [7, 11) is -20.0. The van der Waals surface area contributed by atoms with Crippen LogP contribution in [0.5, 0.6) is 11.5 Å². The molecule has 272 valence electrons. The van der Waals surface area contributed by atoms with E-state index in [9.17, 15) is 72.0 Å². The molecule has 0 amide bonds. The van der Waals surface area contributed by atoms with Gasteiger partial charge in [0.2, 0.25) is 0 Å². The summed E-state index contributed by atoms with van der Waals surface area (Å²) < 4.78 is 133. The molecule has 0 radical (unpaired) electrons. The molecule has 0 saturated carbocycles. The minimum atomic E-state index is -5.25. The van der Waals surface area contributed by atoms with Crippen LogP contribution in [0.4, 0.5) is 28.4 Å². The first-order valence-electron chi connectivity index (χ1n) is 13.4. The van der Waals surface area contributed by atoms with Crippen molar-refractivity contribution in [1.82, 2.24) is 0 Å². The zero-order valence-corrected chi connectivity index (χ0v) is 28.3. The summed E-state index contributed by atoms with van der Waals surface area (Å²) in [6, 6.07) is 8.41. The van der Waals surface area contributed by atoms with E-state index in [0.717, 1.165) is 48.5 Å². The highest BCUT2D eigenvalue weighted by Crippen LogP contribution is 2.45. The number of fused-ring (bicyclic) bond motifs is 2. The van der Waals surface area contributed by atoms with Crippen LogP contribution in [0.2, 0.25) is 0 Å². The zero-order chi connectivity index (χ0) is 38.7. The van der Waals surface area contributed by atoms with E-state index in [1.165, 1.54) is 0 Å². The summed E-state index contributed by atoms with van der Waals surface area (Å²) in [6.45, 7) is 0. The molecule has 0 aliphatic heterocycles. The third-order valence-electron chi connectivity index (χ3n) is 7.06. The summed E-state index contributed by atoms with van der Waals surface area (Å²) in [5, 5.41) is 45.0. The van der Waals surface area contributed by atoms with Crippen molar-refractivity contribution in [2.45, 2.75) is 19.6 Å². The fraction of sp³-hybridized carbons (Fsp3) is 0. The Morgan fingerprint density at radius 3 is 1.73 bits per heavy atom. The van der Waals surface area contributed by atoms with Crippen molar-refractivity contribution in [3.63, 3.8) is 0 Å². The summed E-state index contributed by atoms with van der Waals surface area (Å²) in [5.41, 5.74) is 2.24. The predicted octanol–water partition coefficient (Wildman–Crippen LogP) is 4.50. The van der Waals surface area contributed by atoms with Crippen LogP contribution in [-0.2, 0) is 40.5 Å². The number of phenols is 2. The van der Waals surface area contributed by atoms with E-state index >= 15 is 0 Å². The molecule has 0 bridgehead atoms. The SMILES string of the molecule is Nc1cc(S(=O)(=O)O)cc2cc(S(=O)(=O)O)c(N=Nc3ccc(N=Nc4c(O)c(S(=O)(=O)O)cc5cc(S(=O)(=O)O)ccc45)cc3C(=O)O)c(O)c12. The first-order chi connectivity index (χ1) is 23.9. The van der Waals surface area contributed by atoms with E-state index in [2.05, 4.69) is 20.5 Å². The van der Waals surface area contributed by atoms with Crippen LogP contribution in [0.25, 0.3) is 21.5 Å². The van der Waals surface area contributed by atoms with Crippen molar-refractivity contribution in [2.75, 3.05) is 5.73 Å². The lowest BCUT2D eigenvalue weighted by molar-refractivity contribution is 0.0697. The van der Waals surface area contributed by atoms with Gasteiger partial charge >= 0.3 is 5.97 Å². The maximum atomic E-state index is 12.2. The molecule has 0 heterocycles. The Balaban J connectivity index is 1.63. The van der Waals surface area contributed by atoms with Gasteiger partial charge in [-0.25, -0.2) is 4.79 Å². The number of carboxylic acids is 1. The number of benzene rings is 5. The summed E-state index contributed by atoms with van der Waals surface area (Å²) in [6.07, 6.45) is 0. The minimum absolute atomic E-state index is 0.135. The number of carbonyl (C=O) groups is 1. The van der Waals surface area contributed by atoms with Gasteiger partial charge in [-0.15, -0.1) is 15.3 Å². The number of nitrogens with zero attached hydrogens (tertiary/aromatic N) is 4. The van der Waals surface area contributed by atoms with Gasteiger partial charge < -0.3 is 21.1 Å². The normalized spacial score (nSPS) is 13.1. The standard InChI is InChI=1S/C27H19N5O16S4/c28-18-10-15(50(40,41)42)6-12-8-20(51(43,44)45)24(26(34)22(12)18)32-30-19-4-1-13(9-17(19)27(35)36)29-31-23-16-3-2-14(49(37,38)39)5-11(16)7-21(25(23)33)52(46,47)48/h1-10,33-34H,28H2,(H,35,36)(H,37,38,39)(H,40,41,42)(H,43,44,45)(H,46,47,48). The second-order valence-corrected chi connectivity index (χ2v) is 16.1. The number of rotatable bonds is 9. The molecule has 0 aromatic heterocycles. The quantitative estimate of drug-likeness (QED) is 0.0578. The lowest BCUT2D eigenvalue weighted by atomic mass is 10.1. The molecule has 5 aromatic carbocycles. The van der Waals surface area contributed by atoms with Crippen LogP contribution in [0.3, 0.4) is 0 Å². The third-order valence-corrected chi connectivity index (χ3v) is 10.5. The molecule has 0 fully saturated rings. The molecule has 0 saturated heterocycles. The maximum Gasteiger partial charge on any atom is 0.338 e. The zero-order valence-electron chi connectivity index (χ0n) is 25.1. The van der Waals surface area contributed by atoms with Gasteiger partial charge in [-0.2, -0.15) is 38.8 Å². The van der Waals surface area contributed by atoms with E-state index < -0.39 is 106 Å². The average Bonchev–Trinajstić information content (AvgIpc) is 3.01. The molecule has 0 spiro atoms. The second-order valence-electron chi connectivity index (χ2n) is 10.4. The van der Waals surface area contributed by atoms with Crippen LogP contribution >= 0.6 is 0 Å². The lowest BCUT2D eigenvalue weighted by Gasteiger charge is -2.12. The van der Waals surface area contributed by atoms with Gasteiger partial charge in [0.25, 0.3) is 40.5 Å². The highest BCUT2D eigenvalue weighted by Gasteiger charge is 2.26. The van der Waals surface area contributed by atoms with E-state index in [1.807, 2.05) is 0 Å². The Morgan fingerprint density at radius 1 is 0.577 bits per heavy atom. The van der Waals surface area contributed by atoms with Gasteiger partial charge in [0.1, 0.15) is 26.9 Å². The smallest absolute Gasteiger partial charge is 0.338 e. The fourth-order valence-electron chi connectivity index (χ4n) is 4.78. The molecule has 25 heteroatoms. The number of nitrogens with two attached hydrogens (primary N) is 1. The second kappa shape index (κ2) is 12.8. The van der Waals surface area contributed by atoms with Crippen molar-refractivity contribution in [3.05, 3.63) is 66.2 Å². The molecular weight excluding hydrogens is 779 g/mol. The van der Waals surface area contributed by atoms with E-state index in [4.69, 9.17) is 5.73 Å². The number of phenolic OH excluding ortho intramolecular Hbond substituents is 2. The molecule has 21 nitrogen and oxygen atoms in total. The maximum absolute atomic E-state index is 12.2. The molecule has 0 atom stereocenters. The van der Waals surface area contributed by atoms with Crippen LogP contribution in [-0.4, -0.2) is 73.2 Å². The van der Waals surface area contributed by atoms with E-state index in [0.29, 0.717) is 12.1 Å². The van der Waals surface area contributed by atoms with Crippen molar-refractivity contribution in [1.29, 1.82) is 0 Å². The highest BCUT2D eigenvalue weighted by atomic mass is 32.2. The Labute approximate surface area is 291 Å². The fourth-order valence-corrected chi connectivity index (χ4v) is 7.12. The Hall–Kier alpha value is -5.67. The van der Waals surface area contributed by atoms with Crippen LogP contribution < -0.4 is 5.73 Å². The topological polar surface area (TPSA) is 371 Å².